The minimum absolute atomic E-state index is 0.167. The maximum Gasteiger partial charge on any atom is 0.219 e. The lowest BCUT2D eigenvalue weighted by Gasteiger charge is -2.38. The largest absolute Gasteiger partial charge is 0.340 e. The van der Waals surface area contributed by atoms with Crippen LogP contribution in [0, 0.1) is 0 Å². The van der Waals surface area contributed by atoms with Crippen LogP contribution in [0.4, 0.5) is 0 Å². The Hall–Kier alpha value is -1.06. The molecule has 1 unspecified atom stereocenters. The van der Waals surface area contributed by atoms with E-state index in [9.17, 15) is 4.79 Å². The summed E-state index contributed by atoms with van der Waals surface area (Å²) in [5, 5.41) is 0.819. The predicted molar refractivity (Wildman–Crippen MR) is 73.7 cm³/mol. The van der Waals surface area contributed by atoms with Crippen LogP contribution in [-0.2, 0) is 4.79 Å². The second-order valence-corrected chi connectivity index (χ2v) is 5.15. The number of piperazine rings is 1. The molecule has 1 heterocycles. The van der Waals surface area contributed by atoms with Crippen molar-refractivity contribution < 1.29 is 4.79 Å². The van der Waals surface area contributed by atoms with E-state index >= 15 is 0 Å². The van der Waals surface area contributed by atoms with E-state index in [0.717, 1.165) is 36.8 Å². The molecule has 1 fully saturated rings. The van der Waals surface area contributed by atoms with E-state index in [1.54, 1.807) is 6.92 Å². The van der Waals surface area contributed by atoms with Crippen LogP contribution in [0.15, 0.2) is 24.3 Å². The number of halogens is 1. The number of hydrogen-bond acceptors (Lipinski definition) is 2. The molecule has 0 N–H and O–H groups in total. The highest BCUT2D eigenvalue weighted by Gasteiger charge is 2.23. The normalized spacial score (nSPS) is 18.7. The minimum Gasteiger partial charge on any atom is -0.340 e. The fraction of sp³-hybridized carbons (Fsp3) is 0.500. The Morgan fingerprint density at radius 3 is 2.39 bits per heavy atom. The van der Waals surface area contributed by atoms with E-state index in [1.807, 2.05) is 23.1 Å². The molecule has 0 spiro atoms. The van der Waals surface area contributed by atoms with Gasteiger partial charge in [-0.25, -0.2) is 0 Å². The first-order valence-corrected chi connectivity index (χ1v) is 6.71. The first kappa shape index (κ1) is 13.4. The first-order chi connectivity index (χ1) is 8.59. The zero-order valence-corrected chi connectivity index (χ0v) is 11.7. The number of carbonyl (C=O) groups is 1. The molecule has 1 aromatic rings. The third-order valence-electron chi connectivity index (χ3n) is 3.66. The van der Waals surface area contributed by atoms with Crippen molar-refractivity contribution in [1.29, 1.82) is 0 Å². The summed E-state index contributed by atoms with van der Waals surface area (Å²) in [6.07, 6.45) is 0. The zero-order valence-electron chi connectivity index (χ0n) is 10.9. The van der Waals surface area contributed by atoms with Gasteiger partial charge in [-0.1, -0.05) is 29.8 Å². The first-order valence-electron chi connectivity index (χ1n) is 6.33. The van der Waals surface area contributed by atoms with E-state index in [0.29, 0.717) is 6.04 Å². The van der Waals surface area contributed by atoms with Crippen LogP contribution in [0.3, 0.4) is 0 Å². The van der Waals surface area contributed by atoms with Gasteiger partial charge in [0.05, 0.1) is 0 Å². The molecule has 1 atom stereocenters. The van der Waals surface area contributed by atoms with Gasteiger partial charge in [-0.15, -0.1) is 0 Å². The summed E-state index contributed by atoms with van der Waals surface area (Å²) in [5.41, 5.74) is 1.16. The molecule has 98 valence electrons. The SMILES string of the molecule is CC(=O)N1CCN(C(C)c2ccccc2Cl)CC1. The fourth-order valence-electron chi connectivity index (χ4n) is 2.43. The van der Waals surface area contributed by atoms with Crippen LogP contribution in [0.1, 0.15) is 25.5 Å². The molecule has 0 aromatic heterocycles. The van der Waals surface area contributed by atoms with Gasteiger partial charge in [0.15, 0.2) is 0 Å². The smallest absolute Gasteiger partial charge is 0.219 e. The number of rotatable bonds is 2. The molecule has 2 rings (SSSR count). The third-order valence-corrected chi connectivity index (χ3v) is 4.01. The molecule has 1 aromatic carbocycles. The second kappa shape index (κ2) is 5.72. The molecule has 4 heteroatoms. The van der Waals surface area contributed by atoms with Gasteiger partial charge < -0.3 is 4.90 Å². The number of nitrogens with zero attached hydrogens (tertiary/aromatic N) is 2. The third kappa shape index (κ3) is 2.85. The van der Waals surface area contributed by atoms with Gasteiger partial charge in [-0.3, -0.25) is 9.69 Å². The van der Waals surface area contributed by atoms with Crippen molar-refractivity contribution >= 4 is 17.5 Å². The van der Waals surface area contributed by atoms with E-state index < -0.39 is 0 Å². The summed E-state index contributed by atoms with van der Waals surface area (Å²) in [7, 11) is 0. The van der Waals surface area contributed by atoms with E-state index in [1.165, 1.54) is 0 Å². The average molecular weight is 267 g/mol. The van der Waals surface area contributed by atoms with Gasteiger partial charge in [0.25, 0.3) is 0 Å². The van der Waals surface area contributed by atoms with Crippen LogP contribution in [0.2, 0.25) is 5.02 Å². The van der Waals surface area contributed by atoms with Crippen molar-refractivity contribution in [1.82, 2.24) is 9.80 Å². The van der Waals surface area contributed by atoms with Gasteiger partial charge in [-0.05, 0) is 18.6 Å². The Morgan fingerprint density at radius 1 is 1.22 bits per heavy atom. The van der Waals surface area contributed by atoms with Crippen molar-refractivity contribution in [2.24, 2.45) is 0 Å². The lowest BCUT2D eigenvalue weighted by atomic mass is 10.1. The average Bonchev–Trinajstić information content (AvgIpc) is 2.38. The lowest BCUT2D eigenvalue weighted by molar-refractivity contribution is -0.130. The summed E-state index contributed by atoms with van der Waals surface area (Å²) < 4.78 is 0. The van der Waals surface area contributed by atoms with E-state index in [4.69, 9.17) is 11.6 Å². The van der Waals surface area contributed by atoms with Crippen LogP contribution in [0.5, 0.6) is 0 Å². The summed E-state index contributed by atoms with van der Waals surface area (Å²) in [5.74, 6) is 0.167. The van der Waals surface area contributed by atoms with Gasteiger partial charge in [-0.2, -0.15) is 0 Å². The lowest BCUT2D eigenvalue weighted by Crippen LogP contribution is -2.48. The number of amides is 1. The van der Waals surface area contributed by atoms with Gasteiger partial charge >= 0.3 is 0 Å². The Bertz CT molecular complexity index is 428. The standard InChI is InChI=1S/C14H19ClN2O/c1-11(13-5-3-4-6-14(13)15)16-7-9-17(10-8-16)12(2)18/h3-6,11H,7-10H2,1-2H3. The molecular formula is C14H19ClN2O. The van der Waals surface area contributed by atoms with Crippen LogP contribution < -0.4 is 0 Å². The molecule has 0 aliphatic carbocycles. The van der Waals surface area contributed by atoms with Crippen molar-refractivity contribution in [2.45, 2.75) is 19.9 Å². The van der Waals surface area contributed by atoms with Crippen LogP contribution in [0.25, 0.3) is 0 Å². The molecule has 3 nitrogen and oxygen atoms in total. The van der Waals surface area contributed by atoms with E-state index in [-0.39, 0.29) is 5.91 Å². The topological polar surface area (TPSA) is 23.6 Å². The maximum atomic E-state index is 11.3. The molecular weight excluding hydrogens is 248 g/mol. The molecule has 1 saturated heterocycles. The summed E-state index contributed by atoms with van der Waals surface area (Å²) >= 11 is 6.23. The summed E-state index contributed by atoms with van der Waals surface area (Å²) in [4.78, 5) is 15.6. The highest BCUT2D eigenvalue weighted by atomic mass is 35.5. The molecule has 1 aliphatic heterocycles. The van der Waals surface area contributed by atoms with Crippen molar-refractivity contribution in [3.8, 4) is 0 Å². The molecule has 1 aliphatic rings. The molecule has 0 saturated carbocycles. The second-order valence-electron chi connectivity index (χ2n) is 4.74. The van der Waals surface area contributed by atoms with Gasteiger partial charge in [0.2, 0.25) is 5.91 Å². The zero-order chi connectivity index (χ0) is 13.1. The number of carbonyl (C=O) groups excluding carboxylic acids is 1. The van der Waals surface area contributed by atoms with Crippen molar-refractivity contribution in [2.75, 3.05) is 26.2 Å². The fourth-order valence-corrected chi connectivity index (χ4v) is 2.73. The minimum atomic E-state index is 0.167. The molecule has 18 heavy (non-hydrogen) atoms. The summed E-state index contributed by atoms with van der Waals surface area (Å²) in [6.45, 7) is 7.24. The molecule has 0 bridgehead atoms. The Kier molecular flexibility index (Phi) is 4.25. The van der Waals surface area contributed by atoms with E-state index in [2.05, 4.69) is 17.9 Å². The van der Waals surface area contributed by atoms with Crippen molar-refractivity contribution in [3.05, 3.63) is 34.9 Å². The molecule has 0 radical (unpaired) electrons. The van der Waals surface area contributed by atoms with Gasteiger partial charge in [0, 0.05) is 44.2 Å². The van der Waals surface area contributed by atoms with Crippen LogP contribution >= 0.6 is 11.6 Å². The Labute approximate surface area is 113 Å². The highest BCUT2D eigenvalue weighted by molar-refractivity contribution is 6.31. The number of benzene rings is 1. The van der Waals surface area contributed by atoms with Gasteiger partial charge in [0.1, 0.15) is 0 Å². The Morgan fingerprint density at radius 2 is 1.83 bits per heavy atom. The quantitative estimate of drug-likeness (QED) is 0.821. The van der Waals surface area contributed by atoms with Crippen molar-refractivity contribution in [3.63, 3.8) is 0 Å². The summed E-state index contributed by atoms with van der Waals surface area (Å²) in [6, 6.07) is 8.27. The monoisotopic (exact) mass is 266 g/mol. The highest BCUT2D eigenvalue weighted by Crippen LogP contribution is 2.27. The maximum absolute atomic E-state index is 11.3. The van der Waals surface area contributed by atoms with Crippen LogP contribution in [-0.4, -0.2) is 41.9 Å². The Balaban J connectivity index is 2.02. The predicted octanol–water partition coefficient (Wildman–Crippen LogP) is 2.57. The molecule has 1 amide bonds. The number of hydrogen-bond donors (Lipinski definition) is 0.